The zero-order valence-electron chi connectivity index (χ0n) is 15.1. The van der Waals surface area contributed by atoms with E-state index in [2.05, 4.69) is 97.8 Å². The number of aromatic nitrogens is 2. The van der Waals surface area contributed by atoms with Gasteiger partial charge in [0.1, 0.15) is 0 Å². The fourth-order valence-corrected chi connectivity index (χ4v) is 3.07. The summed E-state index contributed by atoms with van der Waals surface area (Å²) in [5.74, 6) is 0. The third-order valence-corrected chi connectivity index (χ3v) is 4.54. The smallest absolute Gasteiger partial charge is 0.178 e. The third kappa shape index (κ3) is 3.88. The van der Waals surface area contributed by atoms with Gasteiger partial charge in [-0.25, -0.2) is 0 Å². The van der Waals surface area contributed by atoms with E-state index in [1.165, 1.54) is 33.6 Å². The quantitative estimate of drug-likeness (QED) is 0.650. The molecule has 122 valence electrons. The van der Waals surface area contributed by atoms with Crippen LogP contribution in [-0.4, -0.2) is 0 Å². The van der Waals surface area contributed by atoms with E-state index in [0.717, 1.165) is 13.1 Å². The number of nitrogens with zero attached hydrogens (tertiary/aromatic N) is 2. The Bertz CT molecular complexity index is 776. The largest absolute Gasteiger partial charge is 0.198 e. The van der Waals surface area contributed by atoms with Crippen LogP contribution >= 0.6 is 0 Å². The molecule has 1 aromatic carbocycles. The number of hydrogen-bond donors (Lipinski definition) is 0. The Balaban J connectivity index is 1.73. The Hall–Kier alpha value is -2.48. The molecule has 0 radical (unpaired) electrons. The van der Waals surface area contributed by atoms with Gasteiger partial charge in [-0.2, -0.15) is 9.13 Å². The van der Waals surface area contributed by atoms with Crippen LogP contribution in [0.1, 0.15) is 33.6 Å². The van der Waals surface area contributed by atoms with Gasteiger partial charge in [0, 0.05) is 49.2 Å². The fourth-order valence-electron chi connectivity index (χ4n) is 3.07. The van der Waals surface area contributed by atoms with Gasteiger partial charge in [-0.15, -0.1) is 0 Å². The first-order chi connectivity index (χ1) is 11.5. The summed E-state index contributed by atoms with van der Waals surface area (Å²) >= 11 is 0. The Labute approximate surface area is 145 Å². The molecule has 0 spiro atoms. The number of benzene rings is 1. The third-order valence-electron chi connectivity index (χ3n) is 4.54. The Morgan fingerprint density at radius 3 is 1.29 bits per heavy atom. The van der Waals surface area contributed by atoms with Crippen LogP contribution in [0.5, 0.6) is 0 Å². The number of pyridine rings is 2. The van der Waals surface area contributed by atoms with E-state index in [4.69, 9.17) is 0 Å². The van der Waals surface area contributed by atoms with Crippen LogP contribution in [0.4, 0.5) is 0 Å². The Kier molecular flexibility index (Phi) is 4.75. The van der Waals surface area contributed by atoms with Gasteiger partial charge in [0.2, 0.25) is 0 Å². The molecule has 0 bridgehead atoms. The fraction of sp³-hybridized carbons (Fsp3) is 0.273. The summed E-state index contributed by atoms with van der Waals surface area (Å²) in [5.41, 5.74) is 7.88. The second-order valence-corrected chi connectivity index (χ2v) is 6.76. The first-order valence-electron chi connectivity index (χ1n) is 8.52. The van der Waals surface area contributed by atoms with Crippen molar-refractivity contribution in [3.8, 4) is 0 Å². The van der Waals surface area contributed by atoms with Crippen molar-refractivity contribution in [1.82, 2.24) is 0 Å². The maximum Gasteiger partial charge on any atom is 0.178 e. The minimum atomic E-state index is 0.920. The molecular formula is C22H26N2+2. The Morgan fingerprint density at radius 2 is 0.958 bits per heavy atom. The molecule has 3 rings (SSSR count). The average molecular weight is 318 g/mol. The van der Waals surface area contributed by atoms with Crippen LogP contribution in [-0.2, 0) is 13.1 Å². The van der Waals surface area contributed by atoms with Crippen molar-refractivity contribution in [3.05, 3.63) is 94.6 Å². The standard InChI is InChI=1S/C22H26N2/c1-17-9-11-23(19(3)13-17)15-21-5-7-22(8-6-21)16-24-12-10-18(2)14-20(24)4/h5-14H,15-16H2,1-4H3/q+2. The summed E-state index contributed by atoms with van der Waals surface area (Å²) in [6, 6.07) is 17.8. The minimum absolute atomic E-state index is 0.920. The van der Waals surface area contributed by atoms with Gasteiger partial charge in [0.25, 0.3) is 0 Å². The molecule has 3 aromatic rings. The zero-order chi connectivity index (χ0) is 17.1. The normalized spacial score (nSPS) is 10.8. The van der Waals surface area contributed by atoms with Crippen molar-refractivity contribution in [3.63, 3.8) is 0 Å². The van der Waals surface area contributed by atoms with Crippen LogP contribution in [0.2, 0.25) is 0 Å². The summed E-state index contributed by atoms with van der Waals surface area (Å²) in [4.78, 5) is 0. The lowest BCUT2D eigenvalue weighted by molar-refractivity contribution is -0.695. The summed E-state index contributed by atoms with van der Waals surface area (Å²) in [6.45, 7) is 10.4. The van der Waals surface area contributed by atoms with Gasteiger partial charge >= 0.3 is 0 Å². The van der Waals surface area contributed by atoms with Crippen LogP contribution < -0.4 is 9.13 Å². The molecule has 0 fully saturated rings. The highest BCUT2D eigenvalue weighted by molar-refractivity contribution is 5.21. The molecule has 0 unspecified atom stereocenters. The van der Waals surface area contributed by atoms with Gasteiger partial charge in [-0.3, -0.25) is 0 Å². The highest BCUT2D eigenvalue weighted by Gasteiger charge is 2.10. The topological polar surface area (TPSA) is 7.76 Å². The molecular weight excluding hydrogens is 292 g/mol. The summed E-state index contributed by atoms with van der Waals surface area (Å²) < 4.78 is 4.59. The molecule has 0 atom stereocenters. The van der Waals surface area contributed by atoms with Crippen LogP contribution in [0.15, 0.2) is 60.9 Å². The molecule has 0 N–H and O–H groups in total. The molecule has 0 saturated heterocycles. The summed E-state index contributed by atoms with van der Waals surface area (Å²) in [6.07, 6.45) is 4.34. The predicted molar refractivity (Wildman–Crippen MR) is 96.9 cm³/mol. The molecule has 2 heteroatoms. The van der Waals surface area contributed by atoms with Crippen molar-refractivity contribution in [2.75, 3.05) is 0 Å². The maximum absolute atomic E-state index is 2.29. The maximum atomic E-state index is 2.29. The van der Waals surface area contributed by atoms with Gasteiger partial charge in [-0.05, 0) is 25.0 Å². The van der Waals surface area contributed by atoms with Gasteiger partial charge in [0.15, 0.2) is 36.9 Å². The van der Waals surface area contributed by atoms with E-state index in [1.807, 2.05) is 0 Å². The Morgan fingerprint density at radius 1 is 0.583 bits per heavy atom. The van der Waals surface area contributed by atoms with Gasteiger partial charge in [0.05, 0.1) is 0 Å². The molecule has 0 amide bonds. The lowest BCUT2D eigenvalue weighted by Crippen LogP contribution is -2.37. The van der Waals surface area contributed by atoms with Crippen molar-refractivity contribution in [2.24, 2.45) is 0 Å². The molecule has 2 aromatic heterocycles. The van der Waals surface area contributed by atoms with Gasteiger partial charge in [-0.1, -0.05) is 24.3 Å². The van der Waals surface area contributed by atoms with Gasteiger partial charge < -0.3 is 0 Å². The molecule has 0 aliphatic heterocycles. The molecule has 2 nitrogen and oxygen atoms in total. The van der Waals surface area contributed by atoms with Crippen LogP contribution in [0.25, 0.3) is 0 Å². The number of rotatable bonds is 4. The van der Waals surface area contributed by atoms with Crippen molar-refractivity contribution in [2.45, 2.75) is 40.8 Å². The summed E-state index contributed by atoms with van der Waals surface area (Å²) in [5, 5.41) is 0. The molecule has 0 saturated carbocycles. The monoisotopic (exact) mass is 318 g/mol. The lowest BCUT2D eigenvalue weighted by atomic mass is 10.1. The molecule has 24 heavy (non-hydrogen) atoms. The van der Waals surface area contributed by atoms with E-state index in [0.29, 0.717) is 0 Å². The minimum Gasteiger partial charge on any atom is -0.198 e. The van der Waals surface area contributed by atoms with Crippen LogP contribution in [0, 0.1) is 27.7 Å². The van der Waals surface area contributed by atoms with Crippen LogP contribution in [0.3, 0.4) is 0 Å². The summed E-state index contributed by atoms with van der Waals surface area (Å²) in [7, 11) is 0. The zero-order valence-corrected chi connectivity index (χ0v) is 15.1. The first-order valence-corrected chi connectivity index (χ1v) is 8.52. The molecule has 0 aliphatic rings. The van der Waals surface area contributed by atoms with E-state index >= 15 is 0 Å². The predicted octanol–water partition coefficient (Wildman–Crippen LogP) is 3.59. The second kappa shape index (κ2) is 6.96. The first kappa shape index (κ1) is 16.4. The molecule has 0 aliphatic carbocycles. The van der Waals surface area contributed by atoms with Crippen molar-refractivity contribution in [1.29, 1.82) is 0 Å². The van der Waals surface area contributed by atoms with E-state index in [9.17, 15) is 0 Å². The number of hydrogen-bond acceptors (Lipinski definition) is 0. The average Bonchev–Trinajstić information content (AvgIpc) is 2.54. The number of aryl methyl sites for hydroxylation is 4. The van der Waals surface area contributed by atoms with Crippen molar-refractivity contribution >= 4 is 0 Å². The van der Waals surface area contributed by atoms with E-state index in [1.54, 1.807) is 0 Å². The second-order valence-electron chi connectivity index (χ2n) is 6.76. The highest BCUT2D eigenvalue weighted by atomic mass is 15.0. The van der Waals surface area contributed by atoms with Crippen molar-refractivity contribution < 1.29 is 9.13 Å². The van der Waals surface area contributed by atoms with E-state index in [-0.39, 0.29) is 0 Å². The SMILES string of the molecule is Cc1cc[n+](Cc2ccc(C[n+]3ccc(C)cc3C)cc2)c(C)c1. The molecule has 2 heterocycles. The highest BCUT2D eigenvalue weighted by Crippen LogP contribution is 2.06. The lowest BCUT2D eigenvalue weighted by Gasteiger charge is -2.04. The van der Waals surface area contributed by atoms with E-state index < -0.39 is 0 Å².